The van der Waals surface area contributed by atoms with Crippen LogP contribution in [0.4, 0.5) is 0 Å². The van der Waals surface area contributed by atoms with Crippen molar-refractivity contribution in [2.24, 2.45) is 10.9 Å². The third-order valence-electron chi connectivity index (χ3n) is 4.33. The minimum Gasteiger partial charge on any atom is -0.356 e. The predicted molar refractivity (Wildman–Crippen MR) is 106 cm³/mol. The van der Waals surface area contributed by atoms with Gasteiger partial charge < -0.3 is 10.6 Å². The third kappa shape index (κ3) is 5.81. The van der Waals surface area contributed by atoms with E-state index >= 15 is 0 Å². The molecule has 0 amide bonds. The molecule has 0 fully saturated rings. The summed E-state index contributed by atoms with van der Waals surface area (Å²) in [7, 11) is 1.81. The number of aliphatic imine (C=N–C) groups is 1. The molecule has 0 saturated carbocycles. The van der Waals surface area contributed by atoms with E-state index in [1.54, 1.807) is 11.3 Å². The van der Waals surface area contributed by atoms with E-state index in [4.69, 9.17) is 0 Å². The van der Waals surface area contributed by atoms with E-state index in [1.807, 2.05) is 25.5 Å². The van der Waals surface area contributed by atoms with Gasteiger partial charge in [-0.1, -0.05) is 19.9 Å². The molecule has 2 heterocycles. The summed E-state index contributed by atoms with van der Waals surface area (Å²) in [6.07, 6.45) is 4.68. The van der Waals surface area contributed by atoms with Crippen LogP contribution < -0.4 is 10.6 Å². The van der Waals surface area contributed by atoms with Crippen LogP contribution >= 0.6 is 11.3 Å². The number of aromatic nitrogens is 2. The molecule has 1 atom stereocenters. The quantitative estimate of drug-likeness (QED) is 0.588. The summed E-state index contributed by atoms with van der Waals surface area (Å²) < 4.78 is 0. The Hall–Kier alpha value is -1.95. The van der Waals surface area contributed by atoms with E-state index in [0.717, 1.165) is 31.2 Å². The Balaban J connectivity index is 1.84. The maximum Gasteiger partial charge on any atom is 0.191 e. The fraction of sp³-hybridized carbons (Fsp3) is 0.526. The molecule has 2 N–H and O–H groups in total. The Labute approximate surface area is 155 Å². The van der Waals surface area contributed by atoms with Crippen LogP contribution in [-0.2, 0) is 6.42 Å². The Bertz CT molecular complexity index is 659. The molecule has 136 valence electrons. The number of nitrogens with zero attached hydrogens (tertiary/aromatic N) is 3. The SMILES string of the molecule is CN=C(NCCc1nc(C)c(C)s1)NCC(c1cccnc1)C(C)C. The van der Waals surface area contributed by atoms with Crippen LogP contribution in [0.3, 0.4) is 0 Å². The molecular formula is C19H29N5S. The van der Waals surface area contributed by atoms with Crippen molar-refractivity contribution < 1.29 is 0 Å². The highest BCUT2D eigenvalue weighted by atomic mass is 32.1. The van der Waals surface area contributed by atoms with Crippen LogP contribution in [0.25, 0.3) is 0 Å². The fourth-order valence-electron chi connectivity index (χ4n) is 2.69. The molecular weight excluding hydrogens is 330 g/mol. The maximum absolute atomic E-state index is 4.58. The molecule has 0 spiro atoms. The van der Waals surface area contributed by atoms with Crippen LogP contribution in [0.1, 0.15) is 40.9 Å². The molecule has 2 rings (SSSR count). The second-order valence-electron chi connectivity index (χ2n) is 6.52. The molecule has 0 radical (unpaired) electrons. The van der Waals surface area contributed by atoms with Crippen molar-refractivity contribution in [2.75, 3.05) is 20.1 Å². The third-order valence-corrected chi connectivity index (χ3v) is 5.47. The van der Waals surface area contributed by atoms with Gasteiger partial charge in [0.05, 0.1) is 10.7 Å². The molecule has 25 heavy (non-hydrogen) atoms. The number of thiazole rings is 1. The fourth-order valence-corrected chi connectivity index (χ4v) is 3.63. The number of nitrogens with one attached hydrogen (secondary N) is 2. The summed E-state index contributed by atoms with van der Waals surface area (Å²) in [6, 6.07) is 4.14. The second-order valence-corrected chi connectivity index (χ2v) is 7.80. The predicted octanol–water partition coefficient (Wildman–Crippen LogP) is 3.30. The first-order valence-corrected chi connectivity index (χ1v) is 9.60. The van der Waals surface area contributed by atoms with Crippen molar-refractivity contribution in [3.05, 3.63) is 45.7 Å². The van der Waals surface area contributed by atoms with Crippen molar-refractivity contribution >= 4 is 17.3 Å². The van der Waals surface area contributed by atoms with Gasteiger partial charge in [0, 0.05) is 49.7 Å². The van der Waals surface area contributed by atoms with Gasteiger partial charge in [-0.2, -0.15) is 0 Å². The van der Waals surface area contributed by atoms with Crippen molar-refractivity contribution in [3.63, 3.8) is 0 Å². The first-order valence-electron chi connectivity index (χ1n) is 8.78. The number of aryl methyl sites for hydroxylation is 2. The molecule has 0 bridgehead atoms. The zero-order valence-corrected chi connectivity index (χ0v) is 16.7. The normalized spacial score (nSPS) is 13.1. The molecule has 6 heteroatoms. The molecule has 2 aromatic rings. The van der Waals surface area contributed by atoms with Gasteiger partial charge in [0.2, 0.25) is 0 Å². The zero-order valence-electron chi connectivity index (χ0n) is 15.8. The maximum atomic E-state index is 4.58. The van der Waals surface area contributed by atoms with Gasteiger partial charge in [0.25, 0.3) is 0 Å². The number of hydrogen-bond donors (Lipinski definition) is 2. The standard InChI is InChI=1S/C19H29N5S/c1-13(2)17(16-7-6-9-21-11-16)12-23-19(20-5)22-10-8-18-24-14(3)15(4)25-18/h6-7,9,11,13,17H,8,10,12H2,1-5H3,(H2,20,22,23). The highest BCUT2D eigenvalue weighted by Crippen LogP contribution is 2.22. The van der Waals surface area contributed by atoms with Gasteiger partial charge in [0.1, 0.15) is 0 Å². The first kappa shape index (κ1) is 19.4. The Morgan fingerprint density at radius 2 is 2.08 bits per heavy atom. The Morgan fingerprint density at radius 3 is 2.64 bits per heavy atom. The van der Waals surface area contributed by atoms with Gasteiger partial charge in [-0.3, -0.25) is 9.98 Å². The minimum absolute atomic E-state index is 0.400. The number of hydrogen-bond acceptors (Lipinski definition) is 4. The van der Waals surface area contributed by atoms with Gasteiger partial charge in [-0.05, 0) is 31.4 Å². The lowest BCUT2D eigenvalue weighted by Crippen LogP contribution is -2.40. The van der Waals surface area contributed by atoms with E-state index < -0.39 is 0 Å². The molecule has 0 aromatic carbocycles. The summed E-state index contributed by atoms with van der Waals surface area (Å²) >= 11 is 1.77. The number of pyridine rings is 1. The highest BCUT2D eigenvalue weighted by molar-refractivity contribution is 7.11. The summed E-state index contributed by atoms with van der Waals surface area (Å²) in [5.41, 5.74) is 2.40. The lowest BCUT2D eigenvalue weighted by molar-refractivity contribution is 0.487. The van der Waals surface area contributed by atoms with Crippen LogP contribution in [0.2, 0.25) is 0 Å². The van der Waals surface area contributed by atoms with Gasteiger partial charge in [-0.25, -0.2) is 4.98 Å². The molecule has 0 aliphatic rings. The van der Waals surface area contributed by atoms with E-state index in [2.05, 4.69) is 59.4 Å². The number of guanidine groups is 1. The second kappa shape index (κ2) is 9.51. The largest absolute Gasteiger partial charge is 0.356 e. The molecule has 0 aliphatic carbocycles. The summed E-state index contributed by atoms with van der Waals surface area (Å²) in [6.45, 7) is 10.3. The monoisotopic (exact) mass is 359 g/mol. The van der Waals surface area contributed by atoms with Gasteiger partial charge in [0.15, 0.2) is 5.96 Å². The summed E-state index contributed by atoms with van der Waals surface area (Å²) in [5.74, 6) is 1.76. The van der Waals surface area contributed by atoms with E-state index in [1.165, 1.54) is 15.4 Å². The summed E-state index contributed by atoms with van der Waals surface area (Å²) in [4.78, 5) is 14.5. The molecule has 2 aromatic heterocycles. The van der Waals surface area contributed by atoms with E-state index in [0.29, 0.717) is 11.8 Å². The Morgan fingerprint density at radius 1 is 1.28 bits per heavy atom. The first-order chi connectivity index (χ1) is 12.0. The summed E-state index contributed by atoms with van der Waals surface area (Å²) in [5, 5.41) is 8.00. The Kier molecular flexibility index (Phi) is 7.37. The van der Waals surface area contributed by atoms with Gasteiger partial charge >= 0.3 is 0 Å². The van der Waals surface area contributed by atoms with Crippen molar-refractivity contribution in [2.45, 2.75) is 40.0 Å². The van der Waals surface area contributed by atoms with Crippen molar-refractivity contribution in [1.82, 2.24) is 20.6 Å². The van der Waals surface area contributed by atoms with Crippen LogP contribution in [0, 0.1) is 19.8 Å². The molecule has 0 aliphatic heterocycles. The molecule has 0 saturated heterocycles. The van der Waals surface area contributed by atoms with E-state index in [-0.39, 0.29) is 0 Å². The van der Waals surface area contributed by atoms with Crippen LogP contribution in [-0.4, -0.2) is 36.1 Å². The van der Waals surface area contributed by atoms with Crippen molar-refractivity contribution in [3.8, 4) is 0 Å². The lowest BCUT2D eigenvalue weighted by atomic mass is 9.89. The average molecular weight is 360 g/mol. The average Bonchev–Trinajstić information content (AvgIpc) is 2.92. The van der Waals surface area contributed by atoms with Gasteiger partial charge in [-0.15, -0.1) is 11.3 Å². The molecule has 5 nitrogen and oxygen atoms in total. The topological polar surface area (TPSA) is 62.2 Å². The number of rotatable bonds is 7. The van der Waals surface area contributed by atoms with Crippen LogP contribution in [0.15, 0.2) is 29.5 Å². The lowest BCUT2D eigenvalue weighted by Gasteiger charge is -2.22. The van der Waals surface area contributed by atoms with E-state index in [9.17, 15) is 0 Å². The smallest absolute Gasteiger partial charge is 0.191 e. The zero-order chi connectivity index (χ0) is 18.2. The van der Waals surface area contributed by atoms with Crippen molar-refractivity contribution in [1.29, 1.82) is 0 Å². The van der Waals surface area contributed by atoms with Crippen LogP contribution in [0.5, 0.6) is 0 Å². The minimum atomic E-state index is 0.400. The highest BCUT2D eigenvalue weighted by Gasteiger charge is 2.16. The molecule has 1 unspecified atom stereocenters.